The molecule has 5 nitrogen and oxygen atoms in total. The predicted octanol–water partition coefficient (Wildman–Crippen LogP) is 0.245. The molecule has 1 amide bonds. The molecule has 2 N–H and O–H groups in total. The van der Waals surface area contributed by atoms with Crippen molar-refractivity contribution in [3.8, 4) is 0 Å². The molecule has 0 spiro atoms. The molecule has 0 aromatic rings. The Kier molecular flexibility index (Phi) is 3.38. The molecule has 0 aromatic carbocycles. The highest BCUT2D eigenvalue weighted by atomic mass is 16.3. The van der Waals surface area contributed by atoms with Gasteiger partial charge in [0.25, 0.3) is 5.91 Å². The minimum Gasteiger partial charge on any atom is -0.509 e. The van der Waals surface area contributed by atoms with Gasteiger partial charge in [-0.2, -0.15) is 0 Å². The Bertz CT molecular complexity index is 337. The predicted molar refractivity (Wildman–Crippen MR) is 57.7 cm³/mol. The molecule has 0 unspecified atom stereocenters. The van der Waals surface area contributed by atoms with Gasteiger partial charge in [-0.05, 0) is 12.8 Å². The summed E-state index contributed by atoms with van der Waals surface area (Å²) < 4.78 is 0. The van der Waals surface area contributed by atoms with E-state index in [1.54, 1.807) is 20.8 Å². The van der Waals surface area contributed by atoms with Gasteiger partial charge in [-0.1, -0.05) is 13.8 Å². The molecule has 0 aromatic heterocycles. The largest absolute Gasteiger partial charge is 0.509 e. The molecule has 2 atom stereocenters. The Balaban J connectivity index is 3.17. The summed E-state index contributed by atoms with van der Waals surface area (Å²) in [6.07, 6.45) is -1.18. The van der Waals surface area contributed by atoms with Gasteiger partial charge < -0.3 is 15.1 Å². The zero-order valence-electron chi connectivity index (χ0n) is 9.89. The highest BCUT2D eigenvalue weighted by Crippen LogP contribution is 2.24. The number of carbonyl (C=O) groups excluding carboxylic acids is 2. The second kappa shape index (κ2) is 4.25. The van der Waals surface area contributed by atoms with Crippen molar-refractivity contribution in [1.29, 1.82) is 0 Å². The third-order valence-corrected chi connectivity index (χ3v) is 2.91. The molecule has 90 valence electrons. The molecule has 0 radical (unpaired) electrons. The summed E-state index contributed by atoms with van der Waals surface area (Å²) in [6.45, 7) is 4.97. The number of ketones is 1. The van der Waals surface area contributed by atoms with Gasteiger partial charge in [0.05, 0.1) is 6.04 Å². The van der Waals surface area contributed by atoms with E-state index in [4.69, 9.17) is 0 Å². The highest BCUT2D eigenvalue weighted by Gasteiger charge is 2.41. The fraction of sp³-hybridized carbons (Fsp3) is 0.636. The van der Waals surface area contributed by atoms with Gasteiger partial charge in [-0.25, -0.2) is 0 Å². The van der Waals surface area contributed by atoms with Crippen LogP contribution >= 0.6 is 0 Å². The molecule has 1 heterocycles. The fourth-order valence-corrected chi connectivity index (χ4v) is 1.54. The monoisotopic (exact) mass is 227 g/mol. The number of amides is 1. The van der Waals surface area contributed by atoms with E-state index in [1.165, 1.54) is 11.9 Å². The van der Waals surface area contributed by atoms with Gasteiger partial charge in [0, 0.05) is 7.05 Å². The molecule has 16 heavy (non-hydrogen) atoms. The van der Waals surface area contributed by atoms with Gasteiger partial charge in [0.15, 0.2) is 5.78 Å². The smallest absolute Gasteiger partial charge is 0.261 e. The first kappa shape index (κ1) is 12.7. The molecule has 5 heteroatoms. The summed E-state index contributed by atoms with van der Waals surface area (Å²) >= 11 is 0. The van der Waals surface area contributed by atoms with Gasteiger partial charge in [-0.3, -0.25) is 9.59 Å². The van der Waals surface area contributed by atoms with Crippen LogP contribution in [0, 0.1) is 5.92 Å². The Labute approximate surface area is 94.4 Å². The number of carbonyl (C=O) groups is 2. The van der Waals surface area contributed by atoms with Crippen LogP contribution in [-0.2, 0) is 9.59 Å². The zero-order chi connectivity index (χ0) is 12.6. The van der Waals surface area contributed by atoms with Crippen molar-refractivity contribution in [3.63, 3.8) is 0 Å². The lowest BCUT2D eigenvalue weighted by Gasteiger charge is -2.14. The van der Waals surface area contributed by atoms with Crippen molar-refractivity contribution in [2.24, 2.45) is 5.92 Å². The maximum absolute atomic E-state index is 11.7. The first-order valence-corrected chi connectivity index (χ1v) is 5.21. The number of hydrogen-bond donors (Lipinski definition) is 2. The van der Waals surface area contributed by atoms with E-state index in [0.29, 0.717) is 0 Å². The van der Waals surface area contributed by atoms with E-state index < -0.39 is 29.6 Å². The molecule has 0 aliphatic carbocycles. The highest BCUT2D eigenvalue weighted by molar-refractivity contribution is 6.26. The number of hydrogen-bond acceptors (Lipinski definition) is 4. The Morgan fingerprint density at radius 3 is 2.19 bits per heavy atom. The van der Waals surface area contributed by atoms with E-state index in [2.05, 4.69) is 0 Å². The van der Waals surface area contributed by atoms with Crippen molar-refractivity contribution in [3.05, 3.63) is 11.3 Å². The van der Waals surface area contributed by atoms with Crippen LogP contribution < -0.4 is 0 Å². The summed E-state index contributed by atoms with van der Waals surface area (Å²) in [6, 6.07) is -0.580. The number of aliphatic hydroxyl groups is 2. The van der Waals surface area contributed by atoms with Crippen LogP contribution in [0.25, 0.3) is 0 Å². The fourth-order valence-electron chi connectivity index (χ4n) is 1.54. The number of aliphatic hydroxyl groups excluding tert-OH is 2. The summed E-state index contributed by atoms with van der Waals surface area (Å²) in [4.78, 5) is 24.6. The van der Waals surface area contributed by atoms with Gasteiger partial charge >= 0.3 is 0 Å². The van der Waals surface area contributed by atoms with E-state index in [0.717, 1.165) is 0 Å². The number of likely N-dealkylation sites (N-methyl/N-ethyl adjacent to an activating group) is 1. The molecule has 1 fully saturated rings. The van der Waals surface area contributed by atoms with Crippen LogP contribution in [0.3, 0.4) is 0 Å². The molecule has 0 saturated carbocycles. The molecule has 0 bridgehead atoms. The second-order valence-corrected chi connectivity index (χ2v) is 4.41. The van der Waals surface area contributed by atoms with Crippen molar-refractivity contribution in [2.45, 2.75) is 32.9 Å². The van der Waals surface area contributed by atoms with Crippen LogP contribution in [-0.4, -0.2) is 46.0 Å². The van der Waals surface area contributed by atoms with Crippen LogP contribution in [0.15, 0.2) is 11.3 Å². The topological polar surface area (TPSA) is 77.8 Å². The van der Waals surface area contributed by atoms with Crippen molar-refractivity contribution >= 4 is 11.7 Å². The Hall–Kier alpha value is -1.36. The molecular weight excluding hydrogens is 210 g/mol. The van der Waals surface area contributed by atoms with Crippen LogP contribution in [0.1, 0.15) is 20.8 Å². The summed E-state index contributed by atoms with van der Waals surface area (Å²) in [5, 5.41) is 19.4. The van der Waals surface area contributed by atoms with Crippen LogP contribution in [0.5, 0.6) is 0 Å². The van der Waals surface area contributed by atoms with Crippen molar-refractivity contribution in [2.75, 3.05) is 7.05 Å². The van der Waals surface area contributed by atoms with Crippen molar-refractivity contribution in [1.82, 2.24) is 4.90 Å². The third kappa shape index (κ3) is 1.82. The molecule has 1 saturated heterocycles. The standard InChI is InChI=1S/C11H17NO4/c1-5(2)8(13)10(15)7-9(14)6(3)12(4)11(7)16/h5-6,8,13,15H,1-4H3/b10-7+/t6-,8-/m0/s1. The number of Topliss-reactive ketones (excluding diaryl/α,β-unsaturated/α-hetero) is 1. The quantitative estimate of drug-likeness (QED) is 0.402. The minimum atomic E-state index is -1.18. The number of nitrogens with zero attached hydrogens (tertiary/aromatic N) is 1. The van der Waals surface area contributed by atoms with E-state index >= 15 is 0 Å². The summed E-state index contributed by atoms with van der Waals surface area (Å²) in [5.74, 6) is -1.74. The summed E-state index contributed by atoms with van der Waals surface area (Å²) in [5.41, 5.74) is -0.281. The van der Waals surface area contributed by atoms with E-state index in [1.807, 2.05) is 0 Å². The summed E-state index contributed by atoms with van der Waals surface area (Å²) in [7, 11) is 1.49. The zero-order valence-corrected chi connectivity index (χ0v) is 9.89. The first-order chi connectivity index (χ1) is 7.29. The van der Waals surface area contributed by atoms with E-state index in [9.17, 15) is 19.8 Å². The van der Waals surface area contributed by atoms with Crippen LogP contribution in [0.2, 0.25) is 0 Å². The average Bonchev–Trinajstić information content (AvgIpc) is 2.41. The Morgan fingerprint density at radius 2 is 1.88 bits per heavy atom. The Morgan fingerprint density at radius 1 is 1.38 bits per heavy atom. The lowest BCUT2D eigenvalue weighted by atomic mass is 10.00. The van der Waals surface area contributed by atoms with Gasteiger partial charge in [0.2, 0.25) is 0 Å². The molecular formula is C11H17NO4. The first-order valence-electron chi connectivity index (χ1n) is 5.21. The lowest BCUT2D eigenvalue weighted by Crippen LogP contribution is -2.28. The maximum Gasteiger partial charge on any atom is 0.261 e. The average molecular weight is 227 g/mol. The van der Waals surface area contributed by atoms with E-state index in [-0.39, 0.29) is 11.5 Å². The number of likely N-dealkylation sites (tertiary alicyclic amines) is 1. The van der Waals surface area contributed by atoms with Crippen molar-refractivity contribution < 1.29 is 19.8 Å². The van der Waals surface area contributed by atoms with Crippen LogP contribution in [0.4, 0.5) is 0 Å². The SMILES string of the molecule is CC(C)[C@H](O)/C(O)=C1/C(=O)[C@H](C)N(C)C1=O. The minimum absolute atomic E-state index is 0.255. The number of rotatable bonds is 2. The lowest BCUT2D eigenvalue weighted by molar-refractivity contribution is -0.125. The molecule has 1 aliphatic rings. The maximum atomic E-state index is 11.7. The second-order valence-electron chi connectivity index (χ2n) is 4.41. The van der Waals surface area contributed by atoms with Gasteiger partial charge in [0.1, 0.15) is 17.4 Å². The molecule has 1 rings (SSSR count). The third-order valence-electron chi connectivity index (χ3n) is 2.91. The molecule has 1 aliphatic heterocycles. The normalized spacial score (nSPS) is 26.6. The van der Waals surface area contributed by atoms with Gasteiger partial charge in [-0.15, -0.1) is 0 Å².